The number of fused-ring (bicyclic) bond motifs is 2. The van der Waals surface area contributed by atoms with Crippen LogP contribution in [-0.4, -0.2) is 42.9 Å². The molecule has 1 aromatic heterocycles. The van der Waals surface area contributed by atoms with Crippen molar-refractivity contribution in [2.45, 2.75) is 51.4 Å². The van der Waals surface area contributed by atoms with E-state index in [0.29, 0.717) is 56.2 Å². The second-order valence-corrected chi connectivity index (χ2v) is 9.90. The molecule has 2 aliphatic heterocycles. The van der Waals surface area contributed by atoms with Gasteiger partial charge in [-0.1, -0.05) is 12.8 Å². The predicted octanol–water partition coefficient (Wildman–Crippen LogP) is 4.91. The summed E-state index contributed by atoms with van der Waals surface area (Å²) in [6.45, 7) is 2.34. The number of amides is 1. The smallest absolute Gasteiger partial charge is 0.263 e. The molecule has 0 saturated carbocycles. The van der Waals surface area contributed by atoms with Crippen molar-refractivity contribution >= 4 is 23.0 Å². The third kappa shape index (κ3) is 4.36. The molecule has 5 rings (SSSR count). The Hall–Kier alpha value is -2.34. The summed E-state index contributed by atoms with van der Waals surface area (Å²) in [5.74, 6) is 1.59. The number of piperidine rings is 1. The molecule has 0 radical (unpaired) electrons. The Bertz CT molecular complexity index is 948. The Morgan fingerprint density at radius 1 is 0.903 bits per heavy atom. The zero-order valence-electron chi connectivity index (χ0n) is 17.9. The Kier molecular flexibility index (Phi) is 5.99. The minimum absolute atomic E-state index is 0.0461. The molecule has 31 heavy (non-hydrogen) atoms. The molecule has 164 valence electrons. The second kappa shape index (κ2) is 9.03. The van der Waals surface area contributed by atoms with Crippen LogP contribution in [0.25, 0.3) is 0 Å². The number of ketones is 1. The van der Waals surface area contributed by atoms with Gasteiger partial charge in [0.15, 0.2) is 17.3 Å². The highest BCUT2D eigenvalue weighted by atomic mass is 32.1. The van der Waals surface area contributed by atoms with Gasteiger partial charge < -0.3 is 14.4 Å². The molecule has 1 amide bonds. The fourth-order valence-corrected chi connectivity index (χ4v) is 6.10. The lowest BCUT2D eigenvalue weighted by Gasteiger charge is -2.31. The molecule has 0 spiro atoms. The van der Waals surface area contributed by atoms with Crippen LogP contribution in [0.2, 0.25) is 0 Å². The molecule has 0 unspecified atom stereocenters. The minimum atomic E-state index is -0.0461. The first-order chi connectivity index (χ1) is 15.2. The predicted molar refractivity (Wildman–Crippen MR) is 121 cm³/mol. The van der Waals surface area contributed by atoms with Crippen molar-refractivity contribution < 1.29 is 19.1 Å². The quantitative estimate of drug-likeness (QED) is 0.638. The third-order valence-corrected chi connectivity index (χ3v) is 7.91. The van der Waals surface area contributed by atoms with Gasteiger partial charge in [-0.15, -0.1) is 11.3 Å². The molecule has 5 nitrogen and oxygen atoms in total. The molecule has 1 aliphatic carbocycles. The number of Topliss-reactive ketones (excluding diaryl/α,β-unsaturated/α-hetero) is 1. The van der Waals surface area contributed by atoms with E-state index in [2.05, 4.69) is 6.07 Å². The van der Waals surface area contributed by atoms with Crippen molar-refractivity contribution in [3.63, 3.8) is 0 Å². The summed E-state index contributed by atoms with van der Waals surface area (Å²) in [6, 6.07) is 7.59. The van der Waals surface area contributed by atoms with Crippen LogP contribution in [0.3, 0.4) is 0 Å². The number of nitrogens with zero attached hydrogens (tertiary/aromatic N) is 1. The van der Waals surface area contributed by atoms with Crippen LogP contribution in [0.15, 0.2) is 24.3 Å². The average Bonchev–Trinajstić information content (AvgIpc) is 3.19. The van der Waals surface area contributed by atoms with Gasteiger partial charge in [0, 0.05) is 29.4 Å². The van der Waals surface area contributed by atoms with E-state index in [1.165, 1.54) is 36.1 Å². The minimum Gasteiger partial charge on any atom is -0.486 e. The number of ether oxygens (including phenoxy) is 2. The Labute approximate surface area is 187 Å². The van der Waals surface area contributed by atoms with E-state index >= 15 is 0 Å². The number of hydrogen-bond donors (Lipinski definition) is 0. The summed E-state index contributed by atoms with van der Waals surface area (Å²) in [5.41, 5.74) is 2.06. The SMILES string of the molecule is O=C(c1ccc2c(c1)OCCO2)C1CCN(C(=O)c2cc3c(s2)CCCCCC3)CC1. The second-order valence-electron chi connectivity index (χ2n) is 8.76. The molecule has 0 bridgehead atoms. The highest BCUT2D eigenvalue weighted by molar-refractivity contribution is 7.14. The van der Waals surface area contributed by atoms with Crippen LogP contribution in [0.1, 0.15) is 69.0 Å². The van der Waals surface area contributed by atoms with E-state index in [-0.39, 0.29) is 17.6 Å². The Balaban J connectivity index is 1.22. The number of carbonyl (C=O) groups is 2. The molecule has 3 aliphatic rings. The summed E-state index contributed by atoms with van der Waals surface area (Å²) >= 11 is 1.69. The number of aryl methyl sites for hydroxylation is 2. The summed E-state index contributed by atoms with van der Waals surface area (Å²) in [7, 11) is 0. The van der Waals surface area contributed by atoms with E-state index in [4.69, 9.17) is 9.47 Å². The summed E-state index contributed by atoms with van der Waals surface area (Å²) in [4.78, 5) is 30.4. The van der Waals surface area contributed by atoms with E-state index in [0.717, 1.165) is 17.7 Å². The van der Waals surface area contributed by atoms with Crippen molar-refractivity contribution in [3.05, 3.63) is 45.1 Å². The van der Waals surface area contributed by atoms with Gasteiger partial charge in [0.2, 0.25) is 0 Å². The molecule has 1 saturated heterocycles. The fourth-order valence-electron chi connectivity index (χ4n) is 4.88. The van der Waals surface area contributed by atoms with E-state index in [9.17, 15) is 9.59 Å². The lowest BCUT2D eigenvalue weighted by molar-refractivity contribution is 0.0654. The molecule has 6 heteroatoms. The number of benzene rings is 1. The first kappa shape index (κ1) is 20.6. The van der Waals surface area contributed by atoms with Gasteiger partial charge in [0.1, 0.15) is 13.2 Å². The molecule has 0 N–H and O–H groups in total. The van der Waals surface area contributed by atoms with Gasteiger partial charge in [0.05, 0.1) is 4.88 Å². The molecule has 0 atom stereocenters. The highest BCUT2D eigenvalue weighted by Crippen LogP contribution is 2.33. The number of hydrogen-bond acceptors (Lipinski definition) is 5. The first-order valence-electron chi connectivity index (χ1n) is 11.5. The molecule has 1 aromatic carbocycles. The van der Waals surface area contributed by atoms with Gasteiger partial charge in [0.25, 0.3) is 5.91 Å². The summed E-state index contributed by atoms with van der Waals surface area (Å²) < 4.78 is 11.2. The number of thiophene rings is 1. The normalized spacial score (nSPS) is 19.3. The van der Waals surface area contributed by atoms with Gasteiger partial charge >= 0.3 is 0 Å². The van der Waals surface area contributed by atoms with Crippen LogP contribution < -0.4 is 9.47 Å². The van der Waals surface area contributed by atoms with E-state index in [1.54, 1.807) is 17.4 Å². The van der Waals surface area contributed by atoms with Gasteiger partial charge in [-0.2, -0.15) is 0 Å². The van der Waals surface area contributed by atoms with Crippen molar-refractivity contribution in [2.24, 2.45) is 5.92 Å². The van der Waals surface area contributed by atoms with Crippen LogP contribution in [-0.2, 0) is 12.8 Å². The van der Waals surface area contributed by atoms with Crippen LogP contribution in [0.5, 0.6) is 11.5 Å². The van der Waals surface area contributed by atoms with Gasteiger partial charge in [-0.3, -0.25) is 9.59 Å². The molecular weight excluding hydrogens is 410 g/mol. The molecule has 1 fully saturated rings. The first-order valence-corrected chi connectivity index (χ1v) is 12.4. The maximum absolute atomic E-state index is 13.1. The topological polar surface area (TPSA) is 55.8 Å². The van der Waals surface area contributed by atoms with E-state index < -0.39 is 0 Å². The Morgan fingerprint density at radius 3 is 2.45 bits per heavy atom. The number of carbonyl (C=O) groups excluding carboxylic acids is 2. The number of likely N-dealkylation sites (tertiary alicyclic amines) is 1. The summed E-state index contributed by atoms with van der Waals surface area (Å²) in [5, 5.41) is 0. The standard InChI is InChI=1S/C25H29NO4S/c27-24(19-7-8-20-21(15-19)30-14-13-29-20)17-9-11-26(12-10-17)25(28)23-16-18-5-3-1-2-4-6-22(18)31-23/h7-8,15-17H,1-6,9-14H2. The largest absolute Gasteiger partial charge is 0.486 e. The molecular formula is C25H29NO4S. The monoisotopic (exact) mass is 439 g/mol. The average molecular weight is 440 g/mol. The van der Waals surface area contributed by atoms with Crippen molar-refractivity contribution in [1.82, 2.24) is 4.90 Å². The zero-order valence-corrected chi connectivity index (χ0v) is 18.7. The Morgan fingerprint density at radius 2 is 1.65 bits per heavy atom. The highest BCUT2D eigenvalue weighted by Gasteiger charge is 2.30. The maximum Gasteiger partial charge on any atom is 0.263 e. The molecule has 2 aromatic rings. The summed E-state index contributed by atoms with van der Waals surface area (Å²) in [6.07, 6.45) is 8.69. The van der Waals surface area contributed by atoms with Crippen LogP contribution >= 0.6 is 11.3 Å². The maximum atomic E-state index is 13.1. The number of rotatable bonds is 3. The van der Waals surface area contributed by atoms with Crippen molar-refractivity contribution in [3.8, 4) is 11.5 Å². The van der Waals surface area contributed by atoms with Gasteiger partial charge in [-0.05, 0) is 68.4 Å². The fraction of sp³-hybridized carbons (Fsp3) is 0.520. The third-order valence-electron chi connectivity index (χ3n) is 6.69. The molecule has 3 heterocycles. The van der Waals surface area contributed by atoms with Crippen LogP contribution in [0.4, 0.5) is 0 Å². The lowest BCUT2D eigenvalue weighted by Crippen LogP contribution is -2.40. The van der Waals surface area contributed by atoms with Gasteiger partial charge in [-0.25, -0.2) is 0 Å². The van der Waals surface area contributed by atoms with E-state index in [1.807, 2.05) is 17.0 Å². The zero-order chi connectivity index (χ0) is 21.2. The van der Waals surface area contributed by atoms with Crippen molar-refractivity contribution in [1.29, 1.82) is 0 Å². The lowest BCUT2D eigenvalue weighted by atomic mass is 9.88. The van der Waals surface area contributed by atoms with Crippen molar-refractivity contribution in [2.75, 3.05) is 26.3 Å². The van der Waals surface area contributed by atoms with Crippen LogP contribution in [0, 0.1) is 5.92 Å².